The largest absolute Gasteiger partial charge is 0.450 e. The molecule has 10 nitrogen and oxygen atoms in total. The Morgan fingerprint density at radius 1 is 1.20 bits per heavy atom. The van der Waals surface area contributed by atoms with Crippen molar-refractivity contribution in [2.24, 2.45) is 0 Å². The van der Waals surface area contributed by atoms with E-state index in [2.05, 4.69) is 54.5 Å². The average Bonchev–Trinajstić information content (AvgIpc) is 3.27. The van der Waals surface area contributed by atoms with Gasteiger partial charge in [-0.3, -0.25) is 15.2 Å². The first-order valence-corrected chi connectivity index (χ1v) is 11.7. The number of aromatic nitrogens is 5. The van der Waals surface area contributed by atoms with Gasteiger partial charge in [0.1, 0.15) is 5.52 Å². The number of aromatic amines is 1. The summed E-state index contributed by atoms with van der Waals surface area (Å²) in [5.74, 6) is 0.845. The number of H-pyrrole nitrogens is 1. The first-order chi connectivity index (χ1) is 17.1. The number of fused-ring (bicyclic) bond motifs is 1. The molecule has 0 unspecified atom stereocenters. The minimum atomic E-state index is -0.567. The quantitative estimate of drug-likeness (QED) is 0.390. The van der Waals surface area contributed by atoms with Crippen molar-refractivity contribution in [3.8, 4) is 22.5 Å². The van der Waals surface area contributed by atoms with Gasteiger partial charge in [-0.25, -0.2) is 19.7 Å². The molecule has 0 saturated carbocycles. The average molecular weight is 473 g/mol. The summed E-state index contributed by atoms with van der Waals surface area (Å²) < 4.78 is 4.97. The molecule has 1 saturated heterocycles. The molecule has 1 aromatic carbocycles. The van der Waals surface area contributed by atoms with Crippen LogP contribution in [0, 0.1) is 0 Å². The van der Waals surface area contributed by atoms with Crippen LogP contribution in [0.25, 0.3) is 33.5 Å². The van der Waals surface area contributed by atoms with E-state index in [1.165, 1.54) is 0 Å². The van der Waals surface area contributed by atoms with Crippen LogP contribution in [0.3, 0.4) is 0 Å². The first kappa shape index (κ1) is 22.9. The van der Waals surface area contributed by atoms with Crippen molar-refractivity contribution in [3.05, 3.63) is 54.6 Å². The lowest BCUT2D eigenvalue weighted by molar-refractivity contribution is 0.167. The van der Waals surface area contributed by atoms with Gasteiger partial charge in [0, 0.05) is 61.9 Å². The van der Waals surface area contributed by atoms with E-state index in [1.807, 2.05) is 18.3 Å². The third kappa shape index (κ3) is 5.28. The summed E-state index contributed by atoms with van der Waals surface area (Å²) in [5, 5.41) is 6.10. The van der Waals surface area contributed by atoms with Gasteiger partial charge < -0.3 is 15.0 Å². The highest BCUT2D eigenvalue weighted by atomic mass is 16.5. The van der Waals surface area contributed by atoms with E-state index in [-0.39, 0.29) is 6.61 Å². The van der Waals surface area contributed by atoms with E-state index in [0.29, 0.717) is 23.3 Å². The van der Waals surface area contributed by atoms with Crippen molar-refractivity contribution in [3.63, 3.8) is 0 Å². The predicted octanol–water partition coefficient (Wildman–Crippen LogP) is 3.44. The zero-order valence-electron chi connectivity index (χ0n) is 19.8. The minimum Gasteiger partial charge on any atom is -0.450 e. The van der Waals surface area contributed by atoms with Crippen molar-refractivity contribution < 1.29 is 9.53 Å². The van der Waals surface area contributed by atoms with Gasteiger partial charge in [-0.2, -0.15) is 0 Å². The maximum absolute atomic E-state index is 11.9. The van der Waals surface area contributed by atoms with Gasteiger partial charge in [-0.1, -0.05) is 6.07 Å². The van der Waals surface area contributed by atoms with Crippen LogP contribution in [0.1, 0.15) is 19.5 Å². The molecule has 35 heavy (non-hydrogen) atoms. The van der Waals surface area contributed by atoms with Gasteiger partial charge >= 0.3 is 6.09 Å². The molecule has 3 N–H and O–H groups in total. The maximum atomic E-state index is 11.9. The highest BCUT2D eigenvalue weighted by molar-refractivity contribution is 5.96. The summed E-state index contributed by atoms with van der Waals surface area (Å²) in [5.41, 5.74) is 5.11. The number of nitrogens with zero attached hydrogens (tertiary/aromatic N) is 5. The number of amides is 1. The molecule has 180 valence electrons. The third-order valence-corrected chi connectivity index (χ3v) is 5.89. The van der Waals surface area contributed by atoms with Crippen molar-refractivity contribution >= 4 is 23.1 Å². The number of nitrogens with one attached hydrogen (secondary N) is 3. The van der Waals surface area contributed by atoms with E-state index in [0.717, 1.165) is 54.1 Å². The molecule has 3 aromatic heterocycles. The maximum Gasteiger partial charge on any atom is 0.413 e. The molecule has 1 amide bonds. The van der Waals surface area contributed by atoms with Crippen LogP contribution in [0.2, 0.25) is 0 Å². The first-order valence-electron chi connectivity index (χ1n) is 11.7. The second kappa shape index (κ2) is 10.2. The molecule has 4 aromatic rings. The van der Waals surface area contributed by atoms with Crippen LogP contribution in [-0.2, 0) is 11.3 Å². The van der Waals surface area contributed by atoms with Gasteiger partial charge in [0.05, 0.1) is 17.8 Å². The molecular weight excluding hydrogens is 444 g/mol. The van der Waals surface area contributed by atoms with Crippen molar-refractivity contribution in [1.82, 2.24) is 35.1 Å². The Kier molecular flexibility index (Phi) is 6.64. The lowest BCUT2D eigenvalue weighted by Gasteiger charge is -2.31. The molecule has 0 radical (unpaired) electrons. The Hall–Kier alpha value is -3.89. The molecule has 0 spiro atoms. The topological polar surface area (TPSA) is 121 Å². The number of benzene rings is 1. The Morgan fingerprint density at radius 3 is 2.80 bits per heavy atom. The summed E-state index contributed by atoms with van der Waals surface area (Å²) in [4.78, 5) is 35.6. The number of imidazole rings is 1. The summed E-state index contributed by atoms with van der Waals surface area (Å²) >= 11 is 0. The zero-order valence-corrected chi connectivity index (χ0v) is 19.8. The van der Waals surface area contributed by atoms with Crippen molar-refractivity contribution in [2.75, 3.05) is 31.6 Å². The van der Waals surface area contributed by atoms with Crippen LogP contribution in [0.15, 0.2) is 48.9 Å². The monoisotopic (exact) mass is 472 g/mol. The number of carbonyl (C=O) groups excluding carboxylic acids is 1. The number of rotatable bonds is 6. The standard InChI is InChI=1S/C25H28N8O2/c1-3-35-25(34)32-24-30-21-12-18(11-20(22(21)31-24)23-27-7-4-8-28-23)17-5-6-19(29-13-17)15-33-10-9-26-16(2)14-33/h4-8,11-13,16,26H,3,9-10,14-15H2,1-2H3,(H2,30,31,32,34)/t16-/m0/s1. The summed E-state index contributed by atoms with van der Waals surface area (Å²) in [7, 11) is 0. The molecule has 5 rings (SSSR count). The molecule has 1 atom stereocenters. The smallest absolute Gasteiger partial charge is 0.413 e. The third-order valence-electron chi connectivity index (χ3n) is 5.89. The lowest BCUT2D eigenvalue weighted by atomic mass is 10.0. The van der Waals surface area contributed by atoms with E-state index < -0.39 is 6.09 Å². The van der Waals surface area contributed by atoms with Crippen LogP contribution < -0.4 is 10.6 Å². The summed E-state index contributed by atoms with van der Waals surface area (Å²) in [6.07, 6.45) is 4.71. The molecule has 0 aliphatic carbocycles. The van der Waals surface area contributed by atoms with Gasteiger partial charge in [0.15, 0.2) is 5.82 Å². The van der Waals surface area contributed by atoms with Gasteiger partial charge in [-0.05, 0) is 43.7 Å². The number of piperazine rings is 1. The molecule has 4 heterocycles. The van der Waals surface area contributed by atoms with Crippen LogP contribution in [0.4, 0.5) is 10.7 Å². The normalized spacial score (nSPS) is 16.3. The fraction of sp³-hybridized carbons (Fsp3) is 0.320. The molecule has 0 bridgehead atoms. The summed E-state index contributed by atoms with van der Waals surface area (Å²) in [6, 6.07) is 10.4. The highest BCUT2D eigenvalue weighted by Crippen LogP contribution is 2.32. The Labute approximate surface area is 203 Å². The van der Waals surface area contributed by atoms with E-state index >= 15 is 0 Å². The fourth-order valence-corrected chi connectivity index (χ4v) is 4.29. The zero-order chi connectivity index (χ0) is 24.2. The second-order valence-electron chi connectivity index (χ2n) is 8.55. The summed E-state index contributed by atoms with van der Waals surface area (Å²) in [6.45, 7) is 8.10. The number of carbonyl (C=O) groups is 1. The van der Waals surface area contributed by atoms with Gasteiger partial charge in [0.2, 0.25) is 5.95 Å². The predicted molar refractivity (Wildman–Crippen MR) is 134 cm³/mol. The molecule has 1 fully saturated rings. The van der Waals surface area contributed by atoms with E-state index in [4.69, 9.17) is 9.72 Å². The van der Waals surface area contributed by atoms with E-state index in [9.17, 15) is 4.79 Å². The van der Waals surface area contributed by atoms with Crippen LogP contribution in [0.5, 0.6) is 0 Å². The SMILES string of the molecule is CCOC(=O)Nc1nc2c(-c3ncccn3)cc(-c3ccc(CN4CCN[C@@H](C)C4)nc3)cc2[nH]1. The Morgan fingerprint density at radius 2 is 2.06 bits per heavy atom. The highest BCUT2D eigenvalue weighted by Gasteiger charge is 2.17. The minimum absolute atomic E-state index is 0.274. The van der Waals surface area contributed by atoms with Gasteiger partial charge in [0.25, 0.3) is 0 Å². The number of ether oxygens (including phenoxy) is 1. The molecular formula is C25H28N8O2. The van der Waals surface area contributed by atoms with Crippen LogP contribution in [-0.4, -0.2) is 68.2 Å². The second-order valence-corrected chi connectivity index (χ2v) is 8.55. The van der Waals surface area contributed by atoms with Crippen LogP contribution >= 0.6 is 0 Å². The fourth-order valence-electron chi connectivity index (χ4n) is 4.29. The van der Waals surface area contributed by atoms with Crippen molar-refractivity contribution in [2.45, 2.75) is 26.4 Å². The molecule has 1 aliphatic rings. The molecule has 1 aliphatic heterocycles. The number of pyridine rings is 1. The van der Waals surface area contributed by atoms with E-state index in [1.54, 1.807) is 25.4 Å². The lowest BCUT2D eigenvalue weighted by Crippen LogP contribution is -2.48. The number of hydrogen-bond donors (Lipinski definition) is 3. The number of anilines is 1. The number of hydrogen-bond acceptors (Lipinski definition) is 8. The molecule has 10 heteroatoms. The van der Waals surface area contributed by atoms with Gasteiger partial charge in [-0.15, -0.1) is 0 Å². The van der Waals surface area contributed by atoms with Crippen molar-refractivity contribution in [1.29, 1.82) is 0 Å². The Balaban J connectivity index is 1.47. The Bertz CT molecular complexity index is 1310.